The lowest BCUT2D eigenvalue weighted by Crippen LogP contribution is -2.32. The number of benzene rings is 2. The third-order valence-electron chi connectivity index (χ3n) is 4.83. The molecule has 7 heteroatoms. The summed E-state index contributed by atoms with van der Waals surface area (Å²) < 4.78 is 10.7. The molecule has 1 N–H and O–H groups in total. The summed E-state index contributed by atoms with van der Waals surface area (Å²) in [6, 6.07) is 12.5. The van der Waals surface area contributed by atoms with Gasteiger partial charge in [-0.15, -0.1) is 0 Å². The van der Waals surface area contributed by atoms with E-state index < -0.39 is 11.9 Å². The van der Waals surface area contributed by atoms with Gasteiger partial charge in [0, 0.05) is 18.7 Å². The van der Waals surface area contributed by atoms with Crippen LogP contribution in [0.2, 0.25) is 0 Å². The number of aryl methyl sites for hydroxylation is 2. The van der Waals surface area contributed by atoms with Gasteiger partial charge in [-0.3, -0.25) is 9.59 Å². The Balaban J connectivity index is 1.38. The molecule has 0 radical (unpaired) electrons. The van der Waals surface area contributed by atoms with Crippen LogP contribution >= 0.6 is 0 Å². The van der Waals surface area contributed by atoms with Gasteiger partial charge in [-0.2, -0.15) is 0 Å². The molecule has 30 heavy (non-hydrogen) atoms. The normalized spacial score (nSPS) is 13.3. The van der Waals surface area contributed by atoms with Crippen LogP contribution in [0.3, 0.4) is 0 Å². The highest BCUT2D eigenvalue weighted by Crippen LogP contribution is 2.22. The van der Waals surface area contributed by atoms with Gasteiger partial charge in [0.2, 0.25) is 5.91 Å². The fourth-order valence-electron chi connectivity index (χ4n) is 3.28. The van der Waals surface area contributed by atoms with Crippen LogP contribution in [0.15, 0.2) is 42.5 Å². The highest BCUT2D eigenvalue weighted by Gasteiger charge is 2.21. The van der Waals surface area contributed by atoms with Crippen molar-refractivity contribution in [2.75, 3.05) is 31.2 Å². The Kier molecular flexibility index (Phi) is 7.06. The number of amides is 2. The van der Waals surface area contributed by atoms with Gasteiger partial charge in [0.25, 0.3) is 5.91 Å². The fourth-order valence-corrected chi connectivity index (χ4v) is 3.28. The van der Waals surface area contributed by atoms with Crippen molar-refractivity contribution < 1.29 is 23.9 Å². The van der Waals surface area contributed by atoms with Crippen LogP contribution in [0.1, 0.15) is 34.3 Å². The maximum atomic E-state index is 12.1. The molecule has 0 unspecified atom stereocenters. The first-order valence-electron chi connectivity index (χ1n) is 9.98. The largest absolute Gasteiger partial charge is 0.491 e. The molecule has 0 aliphatic carbocycles. The van der Waals surface area contributed by atoms with Gasteiger partial charge in [-0.1, -0.05) is 17.7 Å². The van der Waals surface area contributed by atoms with E-state index in [9.17, 15) is 14.4 Å². The highest BCUT2D eigenvalue weighted by atomic mass is 16.5. The van der Waals surface area contributed by atoms with Gasteiger partial charge in [0.05, 0.1) is 12.1 Å². The zero-order chi connectivity index (χ0) is 21.5. The number of carbonyl (C=O) groups excluding carboxylic acids is 3. The molecule has 2 amide bonds. The number of anilines is 1. The predicted octanol–water partition coefficient (Wildman–Crippen LogP) is 2.78. The second-order valence-corrected chi connectivity index (χ2v) is 7.24. The maximum Gasteiger partial charge on any atom is 0.338 e. The van der Waals surface area contributed by atoms with Gasteiger partial charge >= 0.3 is 5.97 Å². The molecule has 1 aliphatic heterocycles. The first-order valence-corrected chi connectivity index (χ1v) is 9.98. The lowest BCUT2D eigenvalue weighted by Gasteiger charge is -2.15. The molecule has 2 aromatic rings. The number of carbonyl (C=O) groups is 3. The van der Waals surface area contributed by atoms with E-state index >= 15 is 0 Å². The summed E-state index contributed by atoms with van der Waals surface area (Å²) in [4.78, 5) is 37.5. The minimum atomic E-state index is -0.587. The van der Waals surface area contributed by atoms with Crippen molar-refractivity contribution in [3.63, 3.8) is 0 Å². The molecule has 7 nitrogen and oxygen atoms in total. The number of esters is 1. The Labute approximate surface area is 176 Å². The average Bonchev–Trinajstić information content (AvgIpc) is 3.16. The zero-order valence-electron chi connectivity index (χ0n) is 17.3. The molecule has 0 spiro atoms. The van der Waals surface area contributed by atoms with E-state index in [0.29, 0.717) is 31.7 Å². The Bertz CT molecular complexity index is 924. The molecule has 0 bridgehead atoms. The molecular weight excluding hydrogens is 384 g/mol. The smallest absolute Gasteiger partial charge is 0.338 e. The van der Waals surface area contributed by atoms with Gasteiger partial charge in [0.1, 0.15) is 12.4 Å². The van der Waals surface area contributed by atoms with Gasteiger partial charge in [0.15, 0.2) is 6.61 Å². The molecule has 0 saturated carbocycles. The molecule has 0 atom stereocenters. The summed E-state index contributed by atoms with van der Waals surface area (Å²) in [5.74, 6) is -0.119. The monoisotopic (exact) mass is 410 g/mol. The minimum Gasteiger partial charge on any atom is -0.491 e. The van der Waals surface area contributed by atoms with E-state index in [0.717, 1.165) is 29.0 Å². The van der Waals surface area contributed by atoms with Crippen molar-refractivity contribution in [3.05, 3.63) is 59.2 Å². The van der Waals surface area contributed by atoms with Crippen LogP contribution in [0.25, 0.3) is 0 Å². The van der Waals surface area contributed by atoms with Crippen LogP contribution < -0.4 is 15.0 Å². The Morgan fingerprint density at radius 2 is 1.87 bits per heavy atom. The summed E-state index contributed by atoms with van der Waals surface area (Å²) in [5.41, 5.74) is 3.29. The molecule has 2 aromatic carbocycles. The fraction of sp³-hybridized carbons (Fsp3) is 0.348. The van der Waals surface area contributed by atoms with Gasteiger partial charge in [-0.05, 0) is 56.2 Å². The van der Waals surface area contributed by atoms with Gasteiger partial charge in [-0.25, -0.2) is 4.79 Å². The van der Waals surface area contributed by atoms with E-state index in [1.807, 2.05) is 32.0 Å². The van der Waals surface area contributed by atoms with Crippen molar-refractivity contribution >= 4 is 23.5 Å². The highest BCUT2D eigenvalue weighted by molar-refractivity contribution is 5.96. The lowest BCUT2D eigenvalue weighted by molar-refractivity contribution is -0.124. The number of hydrogen-bond acceptors (Lipinski definition) is 5. The SMILES string of the molecule is Cc1ccc(OCCNC(=O)COC(=O)c2ccc(N3CCCC3=O)cc2)c(C)c1. The number of nitrogens with zero attached hydrogens (tertiary/aromatic N) is 1. The number of ether oxygens (including phenoxy) is 2. The first kappa shape index (κ1) is 21.4. The Morgan fingerprint density at radius 1 is 1.10 bits per heavy atom. The molecular formula is C23H26N2O5. The molecule has 0 aromatic heterocycles. The molecule has 1 fully saturated rings. The second-order valence-electron chi connectivity index (χ2n) is 7.24. The van der Waals surface area contributed by atoms with Crippen molar-refractivity contribution in [1.29, 1.82) is 0 Å². The molecule has 1 aliphatic rings. The van der Waals surface area contributed by atoms with Crippen LogP contribution in [0.4, 0.5) is 5.69 Å². The number of nitrogens with one attached hydrogen (secondary N) is 1. The van der Waals surface area contributed by atoms with E-state index in [4.69, 9.17) is 9.47 Å². The average molecular weight is 410 g/mol. The van der Waals surface area contributed by atoms with Crippen LogP contribution in [-0.4, -0.2) is 44.1 Å². The molecule has 3 rings (SSSR count). The first-order chi connectivity index (χ1) is 14.4. The second kappa shape index (κ2) is 9.91. The Hall–Kier alpha value is -3.35. The predicted molar refractivity (Wildman–Crippen MR) is 113 cm³/mol. The Morgan fingerprint density at radius 3 is 2.53 bits per heavy atom. The quantitative estimate of drug-likeness (QED) is 0.534. The van der Waals surface area contributed by atoms with Crippen LogP contribution in [0, 0.1) is 13.8 Å². The lowest BCUT2D eigenvalue weighted by atomic mass is 10.1. The number of rotatable bonds is 8. The minimum absolute atomic E-state index is 0.0866. The maximum absolute atomic E-state index is 12.1. The topological polar surface area (TPSA) is 84.9 Å². The van der Waals surface area contributed by atoms with E-state index in [2.05, 4.69) is 5.32 Å². The molecule has 158 valence electrons. The van der Waals surface area contributed by atoms with Crippen molar-refractivity contribution in [2.24, 2.45) is 0 Å². The third-order valence-corrected chi connectivity index (χ3v) is 4.83. The number of hydrogen-bond donors (Lipinski definition) is 1. The zero-order valence-corrected chi connectivity index (χ0v) is 17.3. The van der Waals surface area contributed by atoms with E-state index in [-0.39, 0.29) is 12.5 Å². The summed E-state index contributed by atoms with van der Waals surface area (Å²) in [5, 5.41) is 2.66. The summed E-state index contributed by atoms with van der Waals surface area (Å²) in [7, 11) is 0. The third kappa shape index (κ3) is 5.59. The summed E-state index contributed by atoms with van der Waals surface area (Å²) >= 11 is 0. The van der Waals surface area contributed by atoms with Crippen LogP contribution in [-0.2, 0) is 14.3 Å². The van der Waals surface area contributed by atoms with E-state index in [1.165, 1.54) is 0 Å². The van der Waals surface area contributed by atoms with Crippen LogP contribution in [0.5, 0.6) is 5.75 Å². The molecule has 1 saturated heterocycles. The van der Waals surface area contributed by atoms with Crippen molar-refractivity contribution in [2.45, 2.75) is 26.7 Å². The van der Waals surface area contributed by atoms with Crippen molar-refractivity contribution in [3.8, 4) is 5.75 Å². The standard InChI is InChI=1S/C23H26N2O5/c1-16-5-10-20(17(2)14-16)29-13-11-24-21(26)15-30-23(28)18-6-8-19(9-7-18)25-12-3-4-22(25)27/h5-10,14H,3-4,11-13,15H2,1-2H3,(H,24,26). The van der Waals surface area contributed by atoms with E-state index in [1.54, 1.807) is 29.2 Å². The summed E-state index contributed by atoms with van der Waals surface area (Å²) in [6.07, 6.45) is 1.39. The van der Waals surface area contributed by atoms with Gasteiger partial charge < -0.3 is 19.7 Å². The molecule has 1 heterocycles. The van der Waals surface area contributed by atoms with Crippen molar-refractivity contribution in [1.82, 2.24) is 5.32 Å². The summed E-state index contributed by atoms with van der Waals surface area (Å²) in [6.45, 7) is 4.93.